The van der Waals surface area contributed by atoms with E-state index in [1.807, 2.05) is 6.92 Å². The highest BCUT2D eigenvalue weighted by Crippen LogP contribution is 2.21. The molecule has 2 rings (SSSR count). The van der Waals surface area contributed by atoms with E-state index in [4.69, 9.17) is 11.6 Å². The van der Waals surface area contributed by atoms with Crippen LogP contribution in [0.3, 0.4) is 0 Å². The third-order valence-electron chi connectivity index (χ3n) is 3.55. The van der Waals surface area contributed by atoms with E-state index in [0.29, 0.717) is 21.7 Å². The van der Waals surface area contributed by atoms with E-state index < -0.39 is 22.5 Å². The molecule has 0 saturated carbocycles. The third kappa shape index (κ3) is 5.39. The van der Waals surface area contributed by atoms with Gasteiger partial charge in [0.25, 0.3) is 5.91 Å². The van der Waals surface area contributed by atoms with E-state index in [1.54, 1.807) is 50.2 Å². The van der Waals surface area contributed by atoms with Gasteiger partial charge in [-0.3, -0.25) is 4.79 Å². The van der Waals surface area contributed by atoms with Crippen molar-refractivity contribution in [2.24, 2.45) is 5.10 Å². The third-order valence-corrected chi connectivity index (χ3v) is 5.49. The number of carbonyl (C=O) groups excluding carboxylic acids is 1. The highest BCUT2D eigenvalue weighted by atomic mass is 35.5. The number of hydrogen-bond acceptors (Lipinski definition) is 4. The number of carbonyl (C=O) groups is 1. The van der Waals surface area contributed by atoms with Gasteiger partial charge in [0, 0.05) is 5.02 Å². The molecule has 6 nitrogen and oxygen atoms in total. The van der Waals surface area contributed by atoms with Gasteiger partial charge >= 0.3 is 0 Å². The summed E-state index contributed by atoms with van der Waals surface area (Å²) < 4.78 is 27.3. The van der Waals surface area contributed by atoms with Crippen molar-refractivity contribution in [2.75, 3.05) is 6.54 Å². The van der Waals surface area contributed by atoms with Gasteiger partial charge < -0.3 is 0 Å². The number of aryl methyl sites for hydroxylation is 3. The number of rotatable bonds is 6. The van der Waals surface area contributed by atoms with Gasteiger partial charge in [-0.15, -0.1) is 0 Å². The van der Waals surface area contributed by atoms with Gasteiger partial charge in [-0.25, -0.2) is 18.6 Å². The van der Waals surface area contributed by atoms with Gasteiger partial charge in [-0.05, 0) is 49.6 Å². The van der Waals surface area contributed by atoms with Crippen molar-refractivity contribution in [3.8, 4) is 0 Å². The molecule has 2 aromatic rings. The summed E-state index contributed by atoms with van der Waals surface area (Å²) in [5.41, 5.74) is 5.23. The lowest BCUT2D eigenvalue weighted by Crippen LogP contribution is -2.35. The number of hydrogen-bond donors (Lipinski definition) is 2. The molecule has 0 heterocycles. The van der Waals surface area contributed by atoms with Crippen LogP contribution in [0.15, 0.2) is 46.4 Å². The van der Waals surface area contributed by atoms with E-state index in [9.17, 15) is 13.2 Å². The number of hydrazone groups is 1. The Morgan fingerprint density at radius 1 is 1.15 bits per heavy atom. The largest absolute Gasteiger partial charge is 0.272 e. The summed E-state index contributed by atoms with van der Waals surface area (Å²) in [4.78, 5) is 12.0. The second-order valence-corrected chi connectivity index (χ2v) is 8.04. The van der Waals surface area contributed by atoms with Crippen molar-refractivity contribution in [3.63, 3.8) is 0 Å². The average Bonchev–Trinajstić information content (AvgIpc) is 2.52. The second-order valence-electron chi connectivity index (χ2n) is 5.90. The Hall–Kier alpha value is -2.22. The Morgan fingerprint density at radius 2 is 1.81 bits per heavy atom. The molecule has 0 aromatic heterocycles. The summed E-state index contributed by atoms with van der Waals surface area (Å²) in [5.74, 6) is -0.575. The number of amides is 1. The molecule has 26 heavy (non-hydrogen) atoms. The summed E-state index contributed by atoms with van der Waals surface area (Å²) in [5, 5.41) is 4.34. The summed E-state index contributed by atoms with van der Waals surface area (Å²) in [6.45, 7) is 4.94. The monoisotopic (exact) mass is 393 g/mol. The smallest absolute Gasteiger partial charge is 0.255 e. The Bertz CT molecular complexity index is 933. The number of nitrogens with zero attached hydrogens (tertiary/aromatic N) is 1. The standard InChI is InChI=1S/C18H20ClN3O3S/c1-12-7-13(2)18(14(3)8-12)26(24,25)21-11-17(23)22-20-10-15-5-4-6-16(19)9-15/h4-10,21H,11H2,1-3H3,(H,22,23)/b20-10-. The van der Waals surface area contributed by atoms with E-state index >= 15 is 0 Å². The van der Waals surface area contributed by atoms with Gasteiger partial charge in [-0.2, -0.15) is 5.10 Å². The highest BCUT2D eigenvalue weighted by molar-refractivity contribution is 7.89. The van der Waals surface area contributed by atoms with Crippen molar-refractivity contribution in [1.82, 2.24) is 10.1 Å². The molecular formula is C18H20ClN3O3S. The molecule has 8 heteroatoms. The van der Waals surface area contributed by atoms with Crippen LogP contribution in [0.2, 0.25) is 5.02 Å². The van der Waals surface area contributed by atoms with Gasteiger partial charge in [0.05, 0.1) is 17.7 Å². The minimum atomic E-state index is -3.80. The quantitative estimate of drug-likeness (QED) is 0.584. The molecule has 0 spiro atoms. The van der Waals surface area contributed by atoms with Crippen LogP contribution in [-0.2, 0) is 14.8 Å². The van der Waals surface area contributed by atoms with E-state index in [2.05, 4.69) is 15.2 Å². The average molecular weight is 394 g/mol. The molecular weight excluding hydrogens is 374 g/mol. The summed E-state index contributed by atoms with van der Waals surface area (Å²) in [6, 6.07) is 10.5. The number of sulfonamides is 1. The Morgan fingerprint density at radius 3 is 2.42 bits per heavy atom. The van der Waals surface area contributed by atoms with Crippen molar-refractivity contribution >= 4 is 33.7 Å². The predicted molar refractivity (Wildman–Crippen MR) is 103 cm³/mol. The molecule has 2 N–H and O–H groups in total. The minimum absolute atomic E-state index is 0.193. The molecule has 0 bridgehead atoms. The summed E-state index contributed by atoms with van der Waals surface area (Å²) >= 11 is 5.85. The number of benzene rings is 2. The topological polar surface area (TPSA) is 87.6 Å². The SMILES string of the molecule is Cc1cc(C)c(S(=O)(=O)NCC(=O)N/N=C\c2cccc(Cl)c2)c(C)c1. The van der Waals surface area contributed by atoms with Gasteiger partial charge in [0.15, 0.2) is 0 Å². The first-order valence-corrected chi connectivity index (χ1v) is 9.70. The Balaban J connectivity index is 1.98. The number of halogens is 1. The van der Waals surface area contributed by atoms with E-state index in [0.717, 1.165) is 5.56 Å². The molecule has 0 atom stereocenters. The molecule has 1 amide bonds. The normalized spacial score (nSPS) is 11.7. The fourth-order valence-electron chi connectivity index (χ4n) is 2.63. The summed E-state index contributed by atoms with van der Waals surface area (Å²) in [7, 11) is -3.80. The lowest BCUT2D eigenvalue weighted by molar-refractivity contribution is -0.119. The number of nitrogens with one attached hydrogen (secondary N) is 2. The van der Waals surface area contributed by atoms with Crippen molar-refractivity contribution in [2.45, 2.75) is 25.7 Å². The first-order valence-electron chi connectivity index (χ1n) is 7.84. The van der Waals surface area contributed by atoms with Crippen LogP contribution < -0.4 is 10.1 Å². The zero-order valence-electron chi connectivity index (χ0n) is 14.7. The molecule has 0 aliphatic carbocycles. The summed E-state index contributed by atoms with van der Waals surface area (Å²) in [6.07, 6.45) is 1.42. The molecule has 0 saturated heterocycles. The molecule has 0 aliphatic heterocycles. The van der Waals surface area contributed by atoms with Crippen molar-refractivity contribution in [1.29, 1.82) is 0 Å². The lowest BCUT2D eigenvalue weighted by Gasteiger charge is -2.12. The van der Waals surface area contributed by atoms with E-state index in [-0.39, 0.29) is 4.90 Å². The van der Waals surface area contributed by atoms with Gasteiger partial charge in [0.2, 0.25) is 10.0 Å². The highest BCUT2D eigenvalue weighted by Gasteiger charge is 2.20. The molecule has 138 valence electrons. The van der Waals surface area contributed by atoms with E-state index in [1.165, 1.54) is 6.21 Å². The fraction of sp³-hybridized carbons (Fsp3) is 0.222. The van der Waals surface area contributed by atoms with Crippen LogP contribution in [0.25, 0.3) is 0 Å². The maximum Gasteiger partial charge on any atom is 0.255 e. The molecule has 0 aliphatic rings. The molecule has 0 fully saturated rings. The minimum Gasteiger partial charge on any atom is -0.272 e. The predicted octanol–water partition coefficient (Wildman–Crippen LogP) is 2.69. The fourth-order valence-corrected chi connectivity index (χ4v) is 4.26. The first kappa shape index (κ1) is 20.1. The van der Waals surface area contributed by atoms with Crippen LogP contribution in [0.4, 0.5) is 0 Å². The van der Waals surface area contributed by atoms with Crippen LogP contribution in [0.5, 0.6) is 0 Å². The van der Waals surface area contributed by atoms with Crippen LogP contribution in [0, 0.1) is 20.8 Å². The second kappa shape index (κ2) is 8.44. The lowest BCUT2D eigenvalue weighted by atomic mass is 10.1. The zero-order valence-corrected chi connectivity index (χ0v) is 16.3. The van der Waals surface area contributed by atoms with Crippen LogP contribution in [0.1, 0.15) is 22.3 Å². The first-order chi connectivity index (χ1) is 12.2. The Kier molecular flexibility index (Phi) is 6.52. The van der Waals surface area contributed by atoms with Crippen LogP contribution >= 0.6 is 11.6 Å². The van der Waals surface area contributed by atoms with Gasteiger partial charge in [0.1, 0.15) is 0 Å². The molecule has 0 unspecified atom stereocenters. The maximum absolute atomic E-state index is 12.5. The van der Waals surface area contributed by atoms with Crippen molar-refractivity contribution in [3.05, 3.63) is 63.7 Å². The maximum atomic E-state index is 12.5. The van der Waals surface area contributed by atoms with Gasteiger partial charge in [-0.1, -0.05) is 41.4 Å². The molecule has 2 aromatic carbocycles. The van der Waals surface area contributed by atoms with Crippen molar-refractivity contribution < 1.29 is 13.2 Å². The zero-order chi connectivity index (χ0) is 19.3. The molecule has 0 radical (unpaired) electrons. The van der Waals surface area contributed by atoms with Crippen LogP contribution in [-0.4, -0.2) is 27.1 Å². The Labute approximate surface area is 158 Å².